The number of pyridine rings is 1. The standard InChI is InChI=1S/C19H22N4S/c1-14-6-10-24-18(14)13-22-9-5-17(12-22)23-15(2)11-21-19(23)16-3-7-20-8-4-16/h3-4,6-8,10-11,17H,5,9,12-13H2,1-2H3. The Labute approximate surface area is 146 Å². The van der Waals surface area contributed by atoms with E-state index in [1.165, 1.54) is 22.6 Å². The van der Waals surface area contributed by atoms with Gasteiger partial charge in [-0.1, -0.05) is 0 Å². The van der Waals surface area contributed by atoms with Crippen molar-refractivity contribution in [2.75, 3.05) is 13.1 Å². The topological polar surface area (TPSA) is 34.0 Å². The fraction of sp³-hybridized carbons (Fsp3) is 0.368. The number of thiophene rings is 1. The molecule has 0 aromatic carbocycles. The van der Waals surface area contributed by atoms with Crippen molar-refractivity contribution in [2.45, 2.75) is 32.9 Å². The van der Waals surface area contributed by atoms with E-state index in [2.05, 4.69) is 44.7 Å². The zero-order valence-electron chi connectivity index (χ0n) is 14.1. The molecule has 0 spiro atoms. The summed E-state index contributed by atoms with van der Waals surface area (Å²) in [5.41, 5.74) is 3.80. The second kappa shape index (κ2) is 6.49. The highest BCUT2D eigenvalue weighted by atomic mass is 32.1. The van der Waals surface area contributed by atoms with E-state index in [9.17, 15) is 0 Å². The third-order valence-corrected chi connectivity index (χ3v) is 5.88. The van der Waals surface area contributed by atoms with Gasteiger partial charge in [-0.3, -0.25) is 9.88 Å². The molecule has 4 heterocycles. The minimum atomic E-state index is 0.496. The van der Waals surface area contributed by atoms with Crippen molar-refractivity contribution in [1.82, 2.24) is 19.4 Å². The van der Waals surface area contributed by atoms with E-state index >= 15 is 0 Å². The van der Waals surface area contributed by atoms with Gasteiger partial charge in [-0.2, -0.15) is 0 Å². The largest absolute Gasteiger partial charge is 0.324 e. The van der Waals surface area contributed by atoms with Crippen LogP contribution in [0.25, 0.3) is 11.4 Å². The van der Waals surface area contributed by atoms with Crippen molar-refractivity contribution in [3.63, 3.8) is 0 Å². The van der Waals surface area contributed by atoms with Crippen molar-refractivity contribution < 1.29 is 0 Å². The van der Waals surface area contributed by atoms with E-state index in [4.69, 9.17) is 0 Å². The fourth-order valence-corrected chi connectivity index (χ4v) is 4.50. The van der Waals surface area contributed by atoms with Gasteiger partial charge in [0.2, 0.25) is 0 Å². The molecule has 4 nitrogen and oxygen atoms in total. The predicted molar refractivity (Wildman–Crippen MR) is 98.2 cm³/mol. The number of rotatable bonds is 4. The summed E-state index contributed by atoms with van der Waals surface area (Å²) in [6.45, 7) is 7.67. The van der Waals surface area contributed by atoms with Crippen LogP contribution in [0.4, 0.5) is 0 Å². The molecular weight excluding hydrogens is 316 g/mol. The minimum Gasteiger partial charge on any atom is -0.324 e. The van der Waals surface area contributed by atoms with Crippen molar-refractivity contribution >= 4 is 11.3 Å². The molecule has 1 aliphatic heterocycles. The van der Waals surface area contributed by atoms with Gasteiger partial charge in [-0.25, -0.2) is 4.98 Å². The quantitative estimate of drug-likeness (QED) is 0.719. The smallest absolute Gasteiger partial charge is 0.140 e. The monoisotopic (exact) mass is 338 g/mol. The Balaban J connectivity index is 1.55. The first-order chi connectivity index (χ1) is 11.7. The summed E-state index contributed by atoms with van der Waals surface area (Å²) in [6, 6.07) is 6.80. The Morgan fingerprint density at radius 3 is 2.79 bits per heavy atom. The molecule has 5 heteroatoms. The maximum atomic E-state index is 4.66. The molecule has 0 N–H and O–H groups in total. The molecule has 124 valence electrons. The minimum absolute atomic E-state index is 0.496. The number of imidazole rings is 1. The lowest BCUT2D eigenvalue weighted by Gasteiger charge is -2.19. The third-order valence-electron chi connectivity index (χ3n) is 4.87. The first kappa shape index (κ1) is 15.5. The van der Waals surface area contributed by atoms with Crippen LogP contribution < -0.4 is 0 Å². The molecular formula is C19H22N4S. The second-order valence-electron chi connectivity index (χ2n) is 6.53. The van der Waals surface area contributed by atoms with Crippen molar-refractivity contribution in [2.24, 2.45) is 0 Å². The van der Waals surface area contributed by atoms with Gasteiger partial charge in [0.1, 0.15) is 5.82 Å². The molecule has 0 bridgehead atoms. The van der Waals surface area contributed by atoms with Gasteiger partial charge >= 0.3 is 0 Å². The maximum absolute atomic E-state index is 4.66. The molecule has 1 atom stereocenters. The van der Waals surface area contributed by atoms with Gasteiger partial charge < -0.3 is 4.57 Å². The zero-order chi connectivity index (χ0) is 16.5. The fourth-order valence-electron chi connectivity index (χ4n) is 3.56. The van der Waals surface area contributed by atoms with Crippen molar-refractivity contribution in [3.05, 3.63) is 58.3 Å². The highest BCUT2D eigenvalue weighted by Crippen LogP contribution is 2.31. The zero-order valence-corrected chi connectivity index (χ0v) is 15.0. The van der Waals surface area contributed by atoms with Crippen LogP contribution in [-0.4, -0.2) is 32.5 Å². The van der Waals surface area contributed by atoms with Gasteiger partial charge in [0.15, 0.2) is 0 Å². The van der Waals surface area contributed by atoms with E-state index in [-0.39, 0.29) is 0 Å². The van der Waals surface area contributed by atoms with Crippen molar-refractivity contribution in [3.8, 4) is 11.4 Å². The maximum Gasteiger partial charge on any atom is 0.140 e. The molecule has 0 amide bonds. The highest BCUT2D eigenvalue weighted by molar-refractivity contribution is 7.10. The van der Waals surface area contributed by atoms with Gasteiger partial charge in [0.25, 0.3) is 0 Å². The molecule has 1 aliphatic rings. The van der Waals surface area contributed by atoms with Crippen LogP contribution in [-0.2, 0) is 6.54 Å². The van der Waals surface area contributed by atoms with Crippen LogP contribution in [0.5, 0.6) is 0 Å². The Morgan fingerprint density at radius 1 is 1.21 bits per heavy atom. The van der Waals surface area contributed by atoms with Gasteiger partial charge in [0.05, 0.1) is 0 Å². The number of aromatic nitrogens is 3. The van der Waals surface area contributed by atoms with E-state index in [0.717, 1.165) is 31.0 Å². The average Bonchev–Trinajstić information content (AvgIpc) is 3.30. The third kappa shape index (κ3) is 2.89. The van der Waals surface area contributed by atoms with Crippen LogP contribution in [0.2, 0.25) is 0 Å². The molecule has 3 aromatic heterocycles. The van der Waals surface area contributed by atoms with Crippen LogP contribution in [0.3, 0.4) is 0 Å². The van der Waals surface area contributed by atoms with Crippen molar-refractivity contribution in [1.29, 1.82) is 0 Å². The first-order valence-corrected chi connectivity index (χ1v) is 9.30. The molecule has 1 unspecified atom stereocenters. The molecule has 1 saturated heterocycles. The molecule has 1 fully saturated rings. The first-order valence-electron chi connectivity index (χ1n) is 8.42. The molecule has 0 saturated carbocycles. The number of likely N-dealkylation sites (tertiary alicyclic amines) is 1. The molecule has 0 aliphatic carbocycles. The summed E-state index contributed by atoms with van der Waals surface area (Å²) >= 11 is 1.87. The summed E-state index contributed by atoms with van der Waals surface area (Å²) in [6.07, 6.45) is 6.84. The lowest BCUT2D eigenvalue weighted by molar-refractivity contribution is 0.318. The van der Waals surface area contributed by atoms with Crippen LogP contribution >= 0.6 is 11.3 Å². The second-order valence-corrected chi connectivity index (χ2v) is 7.53. The Hall–Kier alpha value is -1.98. The normalized spacial score (nSPS) is 18.3. The highest BCUT2D eigenvalue weighted by Gasteiger charge is 2.27. The van der Waals surface area contributed by atoms with Crippen LogP contribution in [0, 0.1) is 13.8 Å². The number of nitrogens with zero attached hydrogens (tertiary/aromatic N) is 4. The molecule has 4 rings (SSSR count). The van der Waals surface area contributed by atoms with Gasteiger partial charge in [-0.05, 0) is 49.4 Å². The summed E-state index contributed by atoms with van der Waals surface area (Å²) in [4.78, 5) is 12.8. The summed E-state index contributed by atoms with van der Waals surface area (Å²) in [5.74, 6) is 1.06. The van der Waals surface area contributed by atoms with Gasteiger partial charge in [-0.15, -0.1) is 11.3 Å². The summed E-state index contributed by atoms with van der Waals surface area (Å²) < 4.78 is 2.41. The Kier molecular flexibility index (Phi) is 4.21. The van der Waals surface area contributed by atoms with E-state index < -0.39 is 0 Å². The summed E-state index contributed by atoms with van der Waals surface area (Å²) in [7, 11) is 0. The average molecular weight is 338 g/mol. The van der Waals surface area contributed by atoms with Crippen LogP contribution in [0.1, 0.15) is 28.6 Å². The number of hydrogen-bond donors (Lipinski definition) is 0. The Morgan fingerprint density at radius 2 is 2.04 bits per heavy atom. The lowest BCUT2D eigenvalue weighted by Crippen LogP contribution is -2.21. The lowest BCUT2D eigenvalue weighted by atomic mass is 10.2. The SMILES string of the molecule is Cc1ccsc1CN1CCC(n2c(C)cnc2-c2ccncc2)C1. The number of hydrogen-bond acceptors (Lipinski definition) is 4. The summed E-state index contributed by atoms with van der Waals surface area (Å²) in [5, 5.41) is 2.19. The molecule has 3 aromatic rings. The van der Waals surface area contributed by atoms with Gasteiger partial charge in [0, 0.05) is 60.4 Å². The molecule has 0 radical (unpaired) electrons. The van der Waals surface area contributed by atoms with Crippen LogP contribution in [0.15, 0.2) is 42.2 Å². The predicted octanol–water partition coefficient (Wildman–Crippen LogP) is 4.07. The Bertz CT molecular complexity index is 821. The van der Waals surface area contributed by atoms with E-state index in [0.29, 0.717) is 6.04 Å². The molecule has 24 heavy (non-hydrogen) atoms. The van der Waals surface area contributed by atoms with E-state index in [1.54, 1.807) is 0 Å². The van der Waals surface area contributed by atoms with E-state index in [1.807, 2.05) is 42.1 Å². The number of aryl methyl sites for hydroxylation is 2.